The number of aliphatic hydroxyl groups is 1. The van der Waals surface area contributed by atoms with Gasteiger partial charge in [-0.05, 0) is 49.4 Å². The van der Waals surface area contributed by atoms with Gasteiger partial charge in [0.25, 0.3) is 0 Å². The third kappa shape index (κ3) is 67.9. The SMILES string of the molecule is CCC(C)CCCCCCCCCCCCCCCCC(=O)O[C@H](COC(=O)CCCCCCCCC(C)CC)COP(=O)(O)OC[C@H](O)COP(=O)(O)OC[C@@H](COC(=O)CCCCCCCCCCCCCCCCCCC(C)C)OC(=O)CCCCCCCCC(C)C. The number of hydrogen-bond donors (Lipinski definition) is 3. The zero-order valence-corrected chi connectivity index (χ0v) is 64.8. The zero-order valence-electron chi connectivity index (χ0n) is 63.0. The van der Waals surface area contributed by atoms with Gasteiger partial charge in [0.05, 0.1) is 26.4 Å². The molecule has 0 aromatic heterocycles. The molecule has 0 aliphatic carbocycles. The van der Waals surface area contributed by atoms with Crippen molar-refractivity contribution in [2.24, 2.45) is 23.7 Å². The van der Waals surface area contributed by atoms with Crippen molar-refractivity contribution in [2.75, 3.05) is 39.6 Å². The lowest BCUT2D eigenvalue weighted by Crippen LogP contribution is -2.30. The average Bonchev–Trinajstić information content (AvgIpc) is 1.16. The molecule has 0 saturated carbocycles. The second-order valence-electron chi connectivity index (χ2n) is 29.2. The molecule has 96 heavy (non-hydrogen) atoms. The average molecular weight is 1410 g/mol. The van der Waals surface area contributed by atoms with Crippen molar-refractivity contribution in [3.05, 3.63) is 0 Å². The Morgan fingerprint density at radius 1 is 0.292 bits per heavy atom. The Hall–Kier alpha value is -1.94. The number of phosphoric acid groups is 2. The first kappa shape index (κ1) is 94.1. The third-order valence-electron chi connectivity index (χ3n) is 18.5. The summed E-state index contributed by atoms with van der Waals surface area (Å²) in [6.45, 7) is 14.2. The van der Waals surface area contributed by atoms with Crippen molar-refractivity contribution >= 4 is 39.5 Å². The summed E-state index contributed by atoms with van der Waals surface area (Å²) < 4.78 is 68.5. The van der Waals surface area contributed by atoms with Crippen molar-refractivity contribution in [2.45, 2.75) is 408 Å². The van der Waals surface area contributed by atoms with Gasteiger partial charge in [0.15, 0.2) is 12.2 Å². The summed E-state index contributed by atoms with van der Waals surface area (Å²) in [5.41, 5.74) is 0. The summed E-state index contributed by atoms with van der Waals surface area (Å²) in [6.07, 6.45) is 51.6. The van der Waals surface area contributed by atoms with Crippen LogP contribution in [0.3, 0.4) is 0 Å². The Kier molecular flexibility index (Phi) is 65.0. The highest BCUT2D eigenvalue weighted by Gasteiger charge is 2.30. The first-order chi connectivity index (χ1) is 46.2. The van der Waals surface area contributed by atoms with Gasteiger partial charge in [-0.2, -0.15) is 0 Å². The standard InChI is InChI=1S/C77H150O17P2/c1-9-69(7)55-47-39-30-26-22-18-15-16-20-24-28-32-43-51-59-76(81)93-72(64-88-75(80)58-50-42-36-34-40-48-56-70(8)10-2)65-91-95(83,84)89-61-71(78)62-90-96(85,86)92-66-73(94-77(82)60-52-44-35-33-38-46-54-68(5)6)63-87-74(79)57-49-41-31-27-23-19-14-12-11-13-17-21-25-29-37-45-53-67(3)4/h67-73,78H,9-66H2,1-8H3,(H,83,84)(H,85,86)/t69?,70?,71-,72+,73+/m0/s1. The number of phosphoric ester groups is 2. The van der Waals surface area contributed by atoms with Crippen LogP contribution < -0.4 is 0 Å². The lowest BCUT2D eigenvalue weighted by Gasteiger charge is -2.21. The molecule has 0 bridgehead atoms. The highest BCUT2D eigenvalue weighted by Crippen LogP contribution is 2.45. The van der Waals surface area contributed by atoms with Gasteiger partial charge in [-0.3, -0.25) is 37.3 Å². The van der Waals surface area contributed by atoms with Crippen LogP contribution in [0.5, 0.6) is 0 Å². The topological polar surface area (TPSA) is 237 Å². The Morgan fingerprint density at radius 2 is 0.500 bits per heavy atom. The van der Waals surface area contributed by atoms with Crippen molar-refractivity contribution in [3.8, 4) is 0 Å². The fraction of sp³-hybridized carbons (Fsp3) is 0.948. The molecule has 0 aliphatic rings. The minimum atomic E-state index is -4.96. The fourth-order valence-electron chi connectivity index (χ4n) is 11.7. The van der Waals surface area contributed by atoms with Crippen molar-refractivity contribution < 1.29 is 80.2 Å². The van der Waals surface area contributed by atoms with Crippen molar-refractivity contribution in [1.82, 2.24) is 0 Å². The highest BCUT2D eigenvalue weighted by molar-refractivity contribution is 7.47. The predicted octanol–water partition coefficient (Wildman–Crippen LogP) is 22.4. The van der Waals surface area contributed by atoms with E-state index in [9.17, 15) is 43.2 Å². The van der Waals surface area contributed by atoms with Crippen LogP contribution in [0.2, 0.25) is 0 Å². The molecule has 4 unspecified atom stereocenters. The van der Waals surface area contributed by atoms with E-state index in [1.165, 1.54) is 186 Å². The fourth-order valence-corrected chi connectivity index (χ4v) is 13.2. The van der Waals surface area contributed by atoms with Gasteiger partial charge in [0.1, 0.15) is 19.3 Å². The van der Waals surface area contributed by atoms with E-state index in [1.54, 1.807) is 0 Å². The van der Waals surface area contributed by atoms with Crippen LogP contribution in [0.4, 0.5) is 0 Å². The maximum Gasteiger partial charge on any atom is 0.472 e. The molecule has 0 fully saturated rings. The number of hydrogen-bond acceptors (Lipinski definition) is 15. The van der Waals surface area contributed by atoms with E-state index in [0.717, 1.165) is 114 Å². The molecule has 3 N–H and O–H groups in total. The molecule has 570 valence electrons. The van der Waals surface area contributed by atoms with Crippen LogP contribution in [0, 0.1) is 23.7 Å². The maximum absolute atomic E-state index is 13.1. The molecule has 17 nitrogen and oxygen atoms in total. The van der Waals surface area contributed by atoms with Gasteiger partial charge in [-0.15, -0.1) is 0 Å². The second kappa shape index (κ2) is 66.3. The molecular weight excluding hydrogens is 1260 g/mol. The molecule has 0 aromatic carbocycles. The summed E-state index contributed by atoms with van der Waals surface area (Å²) in [7, 11) is -9.91. The van der Waals surface area contributed by atoms with Gasteiger partial charge in [0.2, 0.25) is 0 Å². The first-order valence-corrected chi connectivity index (χ1v) is 42.8. The quantitative estimate of drug-likeness (QED) is 0.0222. The van der Waals surface area contributed by atoms with Crippen LogP contribution in [0.15, 0.2) is 0 Å². The molecule has 19 heteroatoms. The number of rotatable bonds is 74. The summed E-state index contributed by atoms with van der Waals surface area (Å²) in [6, 6.07) is 0. The van der Waals surface area contributed by atoms with E-state index < -0.39 is 97.5 Å². The molecule has 0 saturated heterocycles. The Bertz CT molecular complexity index is 1890. The number of esters is 4. The van der Waals surface area contributed by atoms with Gasteiger partial charge in [0, 0.05) is 25.7 Å². The number of aliphatic hydroxyl groups excluding tert-OH is 1. The van der Waals surface area contributed by atoms with Gasteiger partial charge < -0.3 is 33.8 Å². The molecule has 0 rings (SSSR count). The van der Waals surface area contributed by atoms with Crippen molar-refractivity contribution in [1.29, 1.82) is 0 Å². The van der Waals surface area contributed by atoms with Crippen LogP contribution >= 0.6 is 15.6 Å². The van der Waals surface area contributed by atoms with E-state index in [-0.39, 0.29) is 25.7 Å². The second-order valence-corrected chi connectivity index (χ2v) is 32.1. The van der Waals surface area contributed by atoms with Crippen LogP contribution in [0.25, 0.3) is 0 Å². The monoisotopic (exact) mass is 1410 g/mol. The van der Waals surface area contributed by atoms with E-state index in [2.05, 4.69) is 55.4 Å². The van der Waals surface area contributed by atoms with Crippen LogP contribution in [-0.4, -0.2) is 96.7 Å². The Morgan fingerprint density at radius 3 is 0.740 bits per heavy atom. The van der Waals surface area contributed by atoms with Gasteiger partial charge >= 0.3 is 39.5 Å². The molecule has 0 heterocycles. The van der Waals surface area contributed by atoms with Crippen LogP contribution in [-0.2, 0) is 65.4 Å². The maximum atomic E-state index is 13.1. The summed E-state index contributed by atoms with van der Waals surface area (Å²) in [5.74, 6) is 0.933. The molecule has 0 amide bonds. The van der Waals surface area contributed by atoms with E-state index >= 15 is 0 Å². The normalized spacial score (nSPS) is 14.7. The number of unbranched alkanes of at least 4 members (excludes halogenated alkanes) is 38. The van der Waals surface area contributed by atoms with E-state index in [4.69, 9.17) is 37.0 Å². The number of carbonyl (C=O) groups excluding carboxylic acids is 4. The third-order valence-corrected chi connectivity index (χ3v) is 20.4. The highest BCUT2D eigenvalue weighted by atomic mass is 31.2. The van der Waals surface area contributed by atoms with Crippen LogP contribution in [0.1, 0.15) is 389 Å². The predicted molar refractivity (Wildman–Crippen MR) is 391 cm³/mol. The summed E-state index contributed by atoms with van der Waals surface area (Å²) >= 11 is 0. The Balaban J connectivity index is 5.15. The van der Waals surface area contributed by atoms with E-state index in [1.807, 2.05) is 0 Å². The minimum Gasteiger partial charge on any atom is -0.462 e. The Labute approximate surface area is 588 Å². The molecule has 0 radical (unpaired) electrons. The van der Waals surface area contributed by atoms with Crippen molar-refractivity contribution in [3.63, 3.8) is 0 Å². The minimum absolute atomic E-state index is 0.102. The molecule has 0 aromatic rings. The molecule has 0 spiro atoms. The lowest BCUT2D eigenvalue weighted by atomic mass is 9.99. The zero-order chi connectivity index (χ0) is 71.0. The van der Waals surface area contributed by atoms with E-state index in [0.29, 0.717) is 31.6 Å². The lowest BCUT2D eigenvalue weighted by molar-refractivity contribution is -0.161. The molecular formula is C77H150O17P2. The first-order valence-electron chi connectivity index (χ1n) is 39.8. The van der Waals surface area contributed by atoms with Gasteiger partial charge in [-0.25, -0.2) is 9.13 Å². The largest absolute Gasteiger partial charge is 0.472 e. The van der Waals surface area contributed by atoms with Gasteiger partial charge in [-0.1, -0.05) is 338 Å². The summed E-state index contributed by atoms with van der Waals surface area (Å²) in [5, 5.41) is 10.6. The molecule has 0 aliphatic heterocycles. The molecule has 7 atom stereocenters. The smallest absolute Gasteiger partial charge is 0.462 e. The number of carbonyl (C=O) groups is 4. The summed E-state index contributed by atoms with van der Waals surface area (Å²) in [4.78, 5) is 72.8. The number of ether oxygens (including phenoxy) is 4.